The largest absolute Gasteiger partial charge is 0.368 e. The van der Waals surface area contributed by atoms with Crippen molar-refractivity contribution in [1.29, 1.82) is 0 Å². The van der Waals surface area contributed by atoms with Crippen molar-refractivity contribution in [3.8, 4) is 0 Å². The molecule has 0 saturated carbocycles. The molecule has 1 N–H and O–H groups in total. The fourth-order valence-electron chi connectivity index (χ4n) is 2.61. The van der Waals surface area contributed by atoms with Gasteiger partial charge in [-0.25, -0.2) is 9.97 Å². The van der Waals surface area contributed by atoms with E-state index in [0.717, 1.165) is 18.2 Å². The fourth-order valence-corrected chi connectivity index (χ4v) is 2.61. The number of nitrogens with zero attached hydrogens (tertiary/aromatic N) is 3. The molecule has 2 rings (SSSR count). The van der Waals surface area contributed by atoms with E-state index in [0.29, 0.717) is 12.1 Å². The molecule has 1 fully saturated rings. The van der Waals surface area contributed by atoms with Crippen LogP contribution in [0, 0.1) is 0 Å². The van der Waals surface area contributed by atoms with Crippen LogP contribution in [-0.2, 0) is 0 Å². The molecule has 1 aromatic heterocycles. The van der Waals surface area contributed by atoms with Gasteiger partial charge < -0.3 is 10.2 Å². The Morgan fingerprint density at radius 1 is 1.39 bits per heavy atom. The Labute approximate surface area is 110 Å². The summed E-state index contributed by atoms with van der Waals surface area (Å²) in [7, 11) is 0. The summed E-state index contributed by atoms with van der Waals surface area (Å²) >= 11 is 0. The van der Waals surface area contributed by atoms with Gasteiger partial charge >= 0.3 is 0 Å². The lowest BCUT2D eigenvalue weighted by Crippen LogP contribution is -2.39. The summed E-state index contributed by atoms with van der Waals surface area (Å²) in [5.74, 6) is 2.00. The third-order valence-corrected chi connectivity index (χ3v) is 3.48. The van der Waals surface area contributed by atoms with Crippen molar-refractivity contribution in [2.75, 3.05) is 16.8 Å². The summed E-state index contributed by atoms with van der Waals surface area (Å²) in [5, 5.41) is 3.34. The molecule has 0 aromatic carbocycles. The number of piperidine rings is 1. The van der Waals surface area contributed by atoms with Gasteiger partial charge in [-0.05, 0) is 39.5 Å². The topological polar surface area (TPSA) is 41.0 Å². The Balaban J connectivity index is 2.15. The second-order valence-corrected chi connectivity index (χ2v) is 5.31. The molecule has 1 aliphatic heterocycles. The van der Waals surface area contributed by atoms with E-state index in [1.807, 2.05) is 0 Å². The van der Waals surface area contributed by atoms with Gasteiger partial charge in [0.15, 0.2) is 0 Å². The zero-order chi connectivity index (χ0) is 13.0. The summed E-state index contributed by atoms with van der Waals surface area (Å²) in [6, 6.07) is 3.12. The van der Waals surface area contributed by atoms with Crippen molar-refractivity contribution in [2.24, 2.45) is 0 Å². The first-order chi connectivity index (χ1) is 8.70. The van der Waals surface area contributed by atoms with Crippen LogP contribution in [0.25, 0.3) is 0 Å². The lowest BCUT2D eigenvalue weighted by molar-refractivity contribution is 0.446. The van der Waals surface area contributed by atoms with Crippen molar-refractivity contribution in [2.45, 2.75) is 58.5 Å². The van der Waals surface area contributed by atoms with Gasteiger partial charge in [-0.1, -0.05) is 6.92 Å². The van der Waals surface area contributed by atoms with Crippen LogP contribution in [0.3, 0.4) is 0 Å². The molecule has 0 aliphatic carbocycles. The average Bonchev–Trinajstić information content (AvgIpc) is 2.38. The van der Waals surface area contributed by atoms with E-state index in [4.69, 9.17) is 0 Å². The van der Waals surface area contributed by atoms with Crippen LogP contribution in [0.4, 0.5) is 11.6 Å². The molecule has 18 heavy (non-hydrogen) atoms. The third kappa shape index (κ3) is 3.12. The lowest BCUT2D eigenvalue weighted by atomic mass is 10.0. The highest BCUT2D eigenvalue weighted by Gasteiger charge is 2.22. The number of aromatic nitrogens is 2. The Morgan fingerprint density at radius 3 is 2.94 bits per heavy atom. The Hall–Kier alpha value is -1.32. The zero-order valence-corrected chi connectivity index (χ0v) is 11.7. The van der Waals surface area contributed by atoms with Crippen LogP contribution in [0.5, 0.6) is 0 Å². The smallest absolute Gasteiger partial charge is 0.134 e. The Kier molecular flexibility index (Phi) is 4.39. The monoisotopic (exact) mass is 248 g/mol. The summed E-state index contributed by atoms with van der Waals surface area (Å²) in [6.45, 7) is 7.63. The van der Waals surface area contributed by atoms with E-state index in [9.17, 15) is 0 Å². The third-order valence-electron chi connectivity index (χ3n) is 3.48. The molecular formula is C14H24N4. The molecular weight excluding hydrogens is 224 g/mol. The standard InChI is InChI=1S/C14H24N4/c1-4-12-7-5-6-8-18(12)14-9-13(15-10-16-14)17-11(2)3/h9-12H,4-8H2,1-3H3,(H,15,16,17). The molecule has 1 aromatic rings. The lowest BCUT2D eigenvalue weighted by Gasteiger charge is -2.36. The van der Waals surface area contributed by atoms with Crippen LogP contribution in [0.15, 0.2) is 12.4 Å². The van der Waals surface area contributed by atoms with Gasteiger partial charge in [0.25, 0.3) is 0 Å². The predicted octanol–water partition coefficient (Wildman–Crippen LogP) is 3.07. The Bertz CT molecular complexity index is 378. The second kappa shape index (κ2) is 6.03. The summed E-state index contributed by atoms with van der Waals surface area (Å²) in [6.07, 6.45) is 6.76. The average molecular weight is 248 g/mol. The summed E-state index contributed by atoms with van der Waals surface area (Å²) < 4.78 is 0. The van der Waals surface area contributed by atoms with Gasteiger partial charge in [-0.3, -0.25) is 0 Å². The molecule has 0 radical (unpaired) electrons. The highest BCUT2D eigenvalue weighted by molar-refractivity contribution is 5.49. The van der Waals surface area contributed by atoms with Crippen LogP contribution < -0.4 is 10.2 Å². The molecule has 0 spiro atoms. The summed E-state index contributed by atoms with van der Waals surface area (Å²) in [4.78, 5) is 11.2. The predicted molar refractivity (Wildman–Crippen MR) is 76.1 cm³/mol. The normalized spacial score (nSPS) is 20.2. The van der Waals surface area contributed by atoms with Crippen molar-refractivity contribution in [3.05, 3.63) is 12.4 Å². The number of rotatable bonds is 4. The van der Waals surface area contributed by atoms with Crippen molar-refractivity contribution < 1.29 is 0 Å². The number of hydrogen-bond donors (Lipinski definition) is 1. The maximum Gasteiger partial charge on any atom is 0.134 e. The van der Waals surface area contributed by atoms with E-state index in [1.165, 1.54) is 25.7 Å². The molecule has 4 heteroatoms. The van der Waals surface area contributed by atoms with Gasteiger partial charge in [0.05, 0.1) is 0 Å². The van der Waals surface area contributed by atoms with Crippen molar-refractivity contribution in [1.82, 2.24) is 9.97 Å². The molecule has 0 bridgehead atoms. The maximum atomic E-state index is 4.44. The molecule has 1 unspecified atom stereocenters. The van der Waals surface area contributed by atoms with Crippen molar-refractivity contribution in [3.63, 3.8) is 0 Å². The van der Waals surface area contributed by atoms with E-state index >= 15 is 0 Å². The minimum absolute atomic E-state index is 0.399. The van der Waals surface area contributed by atoms with Crippen LogP contribution in [0.1, 0.15) is 46.5 Å². The first kappa shape index (κ1) is 13.1. The molecule has 100 valence electrons. The van der Waals surface area contributed by atoms with E-state index < -0.39 is 0 Å². The van der Waals surface area contributed by atoms with Gasteiger partial charge in [0.2, 0.25) is 0 Å². The van der Waals surface area contributed by atoms with Crippen LogP contribution >= 0.6 is 0 Å². The fraction of sp³-hybridized carbons (Fsp3) is 0.714. The number of hydrogen-bond acceptors (Lipinski definition) is 4. The molecule has 1 aliphatic rings. The quantitative estimate of drug-likeness (QED) is 0.889. The van der Waals surface area contributed by atoms with Gasteiger partial charge in [0.1, 0.15) is 18.0 Å². The first-order valence-corrected chi connectivity index (χ1v) is 7.06. The van der Waals surface area contributed by atoms with Gasteiger partial charge in [0, 0.05) is 24.7 Å². The van der Waals surface area contributed by atoms with E-state index in [2.05, 4.69) is 47.0 Å². The van der Waals surface area contributed by atoms with Crippen LogP contribution in [0.2, 0.25) is 0 Å². The molecule has 4 nitrogen and oxygen atoms in total. The summed E-state index contributed by atoms with van der Waals surface area (Å²) in [5.41, 5.74) is 0. The molecule has 1 saturated heterocycles. The molecule has 2 heterocycles. The SMILES string of the molecule is CCC1CCCCN1c1cc(NC(C)C)ncn1. The second-order valence-electron chi connectivity index (χ2n) is 5.31. The highest BCUT2D eigenvalue weighted by atomic mass is 15.2. The van der Waals surface area contributed by atoms with Gasteiger partial charge in [-0.15, -0.1) is 0 Å². The minimum atomic E-state index is 0.399. The Morgan fingerprint density at radius 2 is 2.22 bits per heavy atom. The van der Waals surface area contributed by atoms with Crippen LogP contribution in [-0.4, -0.2) is 28.6 Å². The molecule has 0 amide bonds. The highest BCUT2D eigenvalue weighted by Crippen LogP contribution is 2.25. The molecule has 1 atom stereocenters. The number of anilines is 2. The maximum absolute atomic E-state index is 4.44. The van der Waals surface area contributed by atoms with E-state index in [1.54, 1.807) is 6.33 Å². The first-order valence-electron chi connectivity index (χ1n) is 7.06. The zero-order valence-electron chi connectivity index (χ0n) is 11.7. The number of nitrogens with one attached hydrogen (secondary N) is 1. The van der Waals surface area contributed by atoms with E-state index in [-0.39, 0.29) is 0 Å². The minimum Gasteiger partial charge on any atom is -0.368 e. The van der Waals surface area contributed by atoms with Crippen molar-refractivity contribution >= 4 is 11.6 Å². The van der Waals surface area contributed by atoms with Gasteiger partial charge in [-0.2, -0.15) is 0 Å².